The van der Waals surface area contributed by atoms with Crippen LogP contribution in [-0.4, -0.2) is 9.55 Å². The molecule has 1 aromatic rings. The van der Waals surface area contributed by atoms with E-state index in [4.69, 9.17) is 5.73 Å². The average Bonchev–Trinajstić information content (AvgIpc) is 2.34. The Bertz CT molecular complexity index is 299. The standard InChI is InChI=1S/C10H17N3/c1-4-6-9-12-8(3)10(11)13(9)7-5-2/h5H,2,4,6-7,11H2,1,3H3. The van der Waals surface area contributed by atoms with Gasteiger partial charge >= 0.3 is 0 Å². The minimum Gasteiger partial charge on any atom is -0.384 e. The van der Waals surface area contributed by atoms with Gasteiger partial charge in [-0.25, -0.2) is 4.98 Å². The minimum absolute atomic E-state index is 0.752. The third-order valence-corrected chi connectivity index (χ3v) is 2.06. The Balaban J connectivity index is 3.02. The summed E-state index contributed by atoms with van der Waals surface area (Å²) in [6.07, 6.45) is 3.91. The third kappa shape index (κ3) is 1.91. The molecule has 13 heavy (non-hydrogen) atoms. The Labute approximate surface area is 79.3 Å². The molecule has 1 aromatic heterocycles. The molecular formula is C10H17N3. The van der Waals surface area contributed by atoms with E-state index in [0.717, 1.165) is 36.7 Å². The van der Waals surface area contributed by atoms with Crippen molar-refractivity contribution in [3.63, 3.8) is 0 Å². The van der Waals surface area contributed by atoms with E-state index in [1.165, 1.54) is 0 Å². The lowest BCUT2D eigenvalue weighted by atomic mass is 10.3. The molecule has 72 valence electrons. The van der Waals surface area contributed by atoms with Gasteiger partial charge in [-0.05, 0) is 13.3 Å². The molecule has 0 saturated heterocycles. The smallest absolute Gasteiger partial charge is 0.126 e. The van der Waals surface area contributed by atoms with Crippen LogP contribution in [0.15, 0.2) is 12.7 Å². The molecule has 1 heterocycles. The van der Waals surface area contributed by atoms with Crippen LogP contribution < -0.4 is 5.73 Å². The van der Waals surface area contributed by atoms with Gasteiger partial charge in [0.05, 0.1) is 5.69 Å². The number of nitrogens with zero attached hydrogens (tertiary/aromatic N) is 2. The van der Waals surface area contributed by atoms with E-state index in [2.05, 4.69) is 18.5 Å². The second kappa shape index (κ2) is 4.12. The zero-order valence-corrected chi connectivity index (χ0v) is 8.38. The van der Waals surface area contributed by atoms with Crippen molar-refractivity contribution in [1.29, 1.82) is 0 Å². The largest absolute Gasteiger partial charge is 0.384 e. The normalized spacial score (nSPS) is 10.3. The molecule has 0 saturated carbocycles. The molecule has 2 N–H and O–H groups in total. The molecule has 3 nitrogen and oxygen atoms in total. The van der Waals surface area contributed by atoms with Gasteiger partial charge in [0, 0.05) is 13.0 Å². The van der Waals surface area contributed by atoms with Crippen LogP contribution in [0.1, 0.15) is 24.9 Å². The lowest BCUT2D eigenvalue weighted by molar-refractivity contribution is 0.724. The number of hydrogen-bond acceptors (Lipinski definition) is 2. The monoisotopic (exact) mass is 179 g/mol. The lowest BCUT2D eigenvalue weighted by Gasteiger charge is -2.05. The Hall–Kier alpha value is -1.25. The highest BCUT2D eigenvalue weighted by Gasteiger charge is 2.08. The second-order valence-corrected chi connectivity index (χ2v) is 3.15. The summed E-state index contributed by atoms with van der Waals surface area (Å²) in [7, 11) is 0. The molecule has 0 fully saturated rings. The first-order chi connectivity index (χ1) is 6.20. The van der Waals surface area contributed by atoms with Crippen molar-refractivity contribution in [3.05, 3.63) is 24.2 Å². The van der Waals surface area contributed by atoms with Crippen molar-refractivity contribution in [2.45, 2.75) is 33.2 Å². The molecule has 0 aliphatic rings. The second-order valence-electron chi connectivity index (χ2n) is 3.15. The first kappa shape index (κ1) is 9.84. The van der Waals surface area contributed by atoms with Gasteiger partial charge < -0.3 is 10.3 Å². The number of hydrogen-bond donors (Lipinski definition) is 1. The predicted molar refractivity (Wildman–Crippen MR) is 55.6 cm³/mol. The first-order valence-electron chi connectivity index (χ1n) is 4.63. The van der Waals surface area contributed by atoms with Crippen LogP contribution in [0.4, 0.5) is 5.82 Å². The number of aryl methyl sites for hydroxylation is 2. The molecule has 0 aliphatic heterocycles. The van der Waals surface area contributed by atoms with Crippen LogP contribution in [0, 0.1) is 6.92 Å². The fraction of sp³-hybridized carbons (Fsp3) is 0.500. The maximum Gasteiger partial charge on any atom is 0.126 e. The van der Waals surface area contributed by atoms with Crippen LogP contribution in [-0.2, 0) is 13.0 Å². The minimum atomic E-state index is 0.752. The van der Waals surface area contributed by atoms with Crippen LogP contribution in [0.5, 0.6) is 0 Å². The van der Waals surface area contributed by atoms with E-state index < -0.39 is 0 Å². The molecule has 0 bridgehead atoms. The number of aromatic nitrogens is 2. The summed E-state index contributed by atoms with van der Waals surface area (Å²) in [4.78, 5) is 4.41. The molecule has 3 heteroatoms. The van der Waals surface area contributed by atoms with E-state index >= 15 is 0 Å². The predicted octanol–water partition coefficient (Wildman–Crippen LogP) is 1.91. The summed E-state index contributed by atoms with van der Waals surface area (Å²) in [5, 5.41) is 0. The van der Waals surface area contributed by atoms with Gasteiger partial charge in [0.25, 0.3) is 0 Å². The van der Waals surface area contributed by atoms with E-state index in [9.17, 15) is 0 Å². The van der Waals surface area contributed by atoms with Gasteiger partial charge in [-0.3, -0.25) is 0 Å². The number of allylic oxidation sites excluding steroid dienone is 1. The van der Waals surface area contributed by atoms with Gasteiger partial charge in [-0.15, -0.1) is 6.58 Å². The zero-order valence-electron chi connectivity index (χ0n) is 8.38. The number of anilines is 1. The summed E-state index contributed by atoms with van der Waals surface area (Å²) in [6.45, 7) is 8.53. The van der Waals surface area contributed by atoms with Crippen molar-refractivity contribution in [2.24, 2.45) is 0 Å². The molecule has 0 aliphatic carbocycles. The fourth-order valence-electron chi connectivity index (χ4n) is 1.39. The summed E-state index contributed by atoms with van der Waals surface area (Å²) >= 11 is 0. The summed E-state index contributed by atoms with van der Waals surface area (Å²) in [5.74, 6) is 1.83. The third-order valence-electron chi connectivity index (χ3n) is 2.06. The molecule has 0 atom stereocenters. The van der Waals surface area contributed by atoms with Gasteiger partial charge in [0.2, 0.25) is 0 Å². The molecule has 0 unspecified atom stereocenters. The first-order valence-corrected chi connectivity index (χ1v) is 4.63. The number of rotatable bonds is 4. The number of imidazole rings is 1. The Kier molecular flexibility index (Phi) is 3.12. The van der Waals surface area contributed by atoms with E-state index in [1.807, 2.05) is 17.6 Å². The van der Waals surface area contributed by atoms with Gasteiger partial charge in [-0.2, -0.15) is 0 Å². The molecule has 0 aromatic carbocycles. The quantitative estimate of drug-likeness (QED) is 0.717. The summed E-state index contributed by atoms with van der Waals surface area (Å²) in [5.41, 5.74) is 6.79. The van der Waals surface area contributed by atoms with Gasteiger partial charge in [0.15, 0.2) is 0 Å². The van der Waals surface area contributed by atoms with Gasteiger partial charge in [0.1, 0.15) is 11.6 Å². The Morgan fingerprint density at radius 3 is 2.85 bits per heavy atom. The number of nitrogen functional groups attached to an aromatic ring is 1. The maximum atomic E-state index is 5.87. The Morgan fingerprint density at radius 1 is 1.62 bits per heavy atom. The van der Waals surface area contributed by atoms with Crippen LogP contribution in [0.2, 0.25) is 0 Å². The highest BCUT2D eigenvalue weighted by atomic mass is 15.1. The molecule has 0 spiro atoms. The topological polar surface area (TPSA) is 43.8 Å². The van der Waals surface area contributed by atoms with Crippen molar-refractivity contribution in [1.82, 2.24) is 9.55 Å². The van der Waals surface area contributed by atoms with Crippen molar-refractivity contribution in [3.8, 4) is 0 Å². The SMILES string of the molecule is C=CCn1c(CCC)nc(C)c1N. The lowest BCUT2D eigenvalue weighted by Crippen LogP contribution is -2.05. The van der Waals surface area contributed by atoms with E-state index in [1.54, 1.807) is 0 Å². The highest BCUT2D eigenvalue weighted by molar-refractivity contribution is 5.37. The van der Waals surface area contributed by atoms with Crippen LogP contribution in [0.3, 0.4) is 0 Å². The zero-order chi connectivity index (χ0) is 9.84. The molecule has 0 amide bonds. The van der Waals surface area contributed by atoms with E-state index in [-0.39, 0.29) is 0 Å². The Morgan fingerprint density at radius 2 is 2.31 bits per heavy atom. The molecular weight excluding hydrogens is 162 g/mol. The average molecular weight is 179 g/mol. The van der Waals surface area contributed by atoms with Crippen molar-refractivity contribution < 1.29 is 0 Å². The van der Waals surface area contributed by atoms with Gasteiger partial charge in [-0.1, -0.05) is 13.0 Å². The molecule has 1 rings (SSSR count). The summed E-state index contributed by atoms with van der Waals surface area (Å²) < 4.78 is 2.02. The number of nitrogens with two attached hydrogens (primary N) is 1. The van der Waals surface area contributed by atoms with Crippen LogP contribution >= 0.6 is 0 Å². The van der Waals surface area contributed by atoms with Crippen molar-refractivity contribution >= 4 is 5.82 Å². The fourth-order valence-corrected chi connectivity index (χ4v) is 1.39. The highest BCUT2D eigenvalue weighted by Crippen LogP contribution is 2.14. The molecule has 0 radical (unpaired) electrons. The van der Waals surface area contributed by atoms with E-state index in [0.29, 0.717) is 0 Å². The maximum absolute atomic E-state index is 5.87. The summed E-state index contributed by atoms with van der Waals surface area (Å²) in [6, 6.07) is 0. The van der Waals surface area contributed by atoms with Crippen molar-refractivity contribution in [2.75, 3.05) is 5.73 Å². The van der Waals surface area contributed by atoms with Crippen LogP contribution in [0.25, 0.3) is 0 Å².